The van der Waals surface area contributed by atoms with Crippen LogP contribution in [-0.2, 0) is 4.79 Å². The van der Waals surface area contributed by atoms with Gasteiger partial charge in [-0.1, -0.05) is 30.3 Å². The van der Waals surface area contributed by atoms with Crippen molar-refractivity contribution in [2.45, 2.75) is 19.9 Å². The smallest absolute Gasteiger partial charge is 0.322 e. The Balaban J connectivity index is 2.34. The van der Waals surface area contributed by atoms with E-state index in [0.29, 0.717) is 11.8 Å². The minimum Gasteiger partial charge on any atom is -0.480 e. The summed E-state index contributed by atoms with van der Waals surface area (Å²) in [5.74, 6) is -0.00396. The number of hydrogen-bond acceptors (Lipinski definition) is 5. The molecule has 0 atom stereocenters. The second-order valence-electron chi connectivity index (χ2n) is 4.87. The van der Waals surface area contributed by atoms with Gasteiger partial charge in [-0.3, -0.25) is 4.79 Å². The average molecular weight is 286 g/mol. The SMILES string of the molecule is CC(C)Nc1cc(-c2ccccc2)nc(NCC(=O)O)n1. The van der Waals surface area contributed by atoms with Gasteiger partial charge in [-0.25, -0.2) is 4.98 Å². The van der Waals surface area contributed by atoms with Gasteiger partial charge in [-0.15, -0.1) is 0 Å². The van der Waals surface area contributed by atoms with E-state index in [1.54, 1.807) is 0 Å². The lowest BCUT2D eigenvalue weighted by Gasteiger charge is -2.12. The van der Waals surface area contributed by atoms with Crippen molar-refractivity contribution in [1.82, 2.24) is 9.97 Å². The van der Waals surface area contributed by atoms with Crippen molar-refractivity contribution in [2.24, 2.45) is 0 Å². The van der Waals surface area contributed by atoms with E-state index in [4.69, 9.17) is 5.11 Å². The zero-order chi connectivity index (χ0) is 15.2. The van der Waals surface area contributed by atoms with E-state index in [9.17, 15) is 4.79 Å². The maximum absolute atomic E-state index is 10.7. The van der Waals surface area contributed by atoms with Crippen molar-refractivity contribution in [3.8, 4) is 11.3 Å². The van der Waals surface area contributed by atoms with Gasteiger partial charge in [0, 0.05) is 17.7 Å². The Kier molecular flexibility index (Phi) is 4.71. The van der Waals surface area contributed by atoms with Crippen LogP contribution < -0.4 is 10.6 Å². The molecule has 0 radical (unpaired) electrons. The molecule has 110 valence electrons. The van der Waals surface area contributed by atoms with Crippen LogP contribution in [0.1, 0.15) is 13.8 Å². The number of rotatable bonds is 6. The van der Waals surface area contributed by atoms with Crippen LogP contribution in [0.3, 0.4) is 0 Å². The van der Waals surface area contributed by atoms with Crippen LogP contribution in [0.15, 0.2) is 36.4 Å². The van der Waals surface area contributed by atoms with Crippen molar-refractivity contribution in [3.63, 3.8) is 0 Å². The molecule has 0 spiro atoms. The number of carboxylic acid groups (broad SMARTS) is 1. The number of aromatic nitrogens is 2. The molecule has 2 aromatic rings. The molecule has 2 rings (SSSR count). The first-order valence-corrected chi connectivity index (χ1v) is 6.71. The molecule has 3 N–H and O–H groups in total. The second kappa shape index (κ2) is 6.69. The van der Waals surface area contributed by atoms with Crippen molar-refractivity contribution in [3.05, 3.63) is 36.4 Å². The molecule has 0 amide bonds. The molecule has 0 aliphatic heterocycles. The predicted octanol–water partition coefficient (Wildman–Crippen LogP) is 2.46. The number of nitrogens with one attached hydrogen (secondary N) is 2. The summed E-state index contributed by atoms with van der Waals surface area (Å²) in [5.41, 5.74) is 1.69. The highest BCUT2D eigenvalue weighted by atomic mass is 16.4. The number of aliphatic carboxylic acids is 1. The lowest BCUT2D eigenvalue weighted by atomic mass is 10.1. The highest BCUT2D eigenvalue weighted by Crippen LogP contribution is 2.21. The van der Waals surface area contributed by atoms with Crippen LogP contribution in [0.25, 0.3) is 11.3 Å². The van der Waals surface area contributed by atoms with Crippen molar-refractivity contribution < 1.29 is 9.90 Å². The third kappa shape index (κ3) is 4.45. The highest BCUT2D eigenvalue weighted by Gasteiger charge is 2.08. The Morgan fingerprint density at radius 1 is 1.24 bits per heavy atom. The van der Waals surface area contributed by atoms with Crippen molar-refractivity contribution in [1.29, 1.82) is 0 Å². The molecule has 0 saturated carbocycles. The third-order valence-electron chi connectivity index (χ3n) is 2.63. The Hall–Kier alpha value is -2.63. The molecule has 0 aliphatic rings. The molecule has 1 aromatic carbocycles. The highest BCUT2D eigenvalue weighted by molar-refractivity contribution is 5.72. The second-order valence-corrected chi connectivity index (χ2v) is 4.87. The van der Waals surface area contributed by atoms with Gasteiger partial charge in [0.15, 0.2) is 0 Å². The van der Waals surface area contributed by atoms with Gasteiger partial charge in [-0.05, 0) is 13.8 Å². The van der Waals surface area contributed by atoms with Crippen molar-refractivity contribution in [2.75, 3.05) is 17.2 Å². The number of benzene rings is 1. The fourth-order valence-corrected chi connectivity index (χ4v) is 1.81. The maximum atomic E-state index is 10.7. The van der Waals surface area contributed by atoms with E-state index in [1.165, 1.54) is 0 Å². The fourth-order valence-electron chi connectivity index (χ4n) is 1.81. The summed E-state index contributed by atoms with van der Waals surface area (Å²) in [7, 11) is 0. The van der Waals surface area contributed by atoms with E-state index < -0.39 is 5.97 Å². The van der Waals surface area contributed by atoms with E-state index >= 15 is 0 Å². The molecule has 0 saturated heterocycles. The first-order valence-electron chi connectivity index (χ1n) is 6.71. The summed E-state index contributed by atoms with van der Waals surface area (Å²) in [6.07, 6.45) is 0. The molecule has 1 aromatic heterocycles. The van der Waals surface area contributed by atoms with Gasteiger partial charge < -0.3 is 15.7 Å². The number of anilines is 2. The van der Waals surface area contributed by atoms with Crippen LogP contribution >= 0.6 is 0 Å². The van der Waals surface area contributed by atoms with Crippen LogP contribution in [0.5, 0.6) is 0 Å². The monoisotopic (exact) mass is 286 g/mol. The number of nitrogens with zero attached hydrogens (tertiary/aromatic N) is 2. The van der Waals surface area contributed by atoms with Gasteiger partial charge in [0.05, 0.1) is 5.69 Å². The Morgan fingerprint density at radius 3 is 2.57 bits per heavy atom. The van der Waals surface area contributed by atoms with E-state index in [1.807, 2.05) is 50.2 Å². The van der Waals surface area contributed by atoms with E-state index in [-0.39, 0.29) is 12.6 Å². The zero-order valence-electron chi connectivity index (χ0n) is 12.0. The first-order chi connectivity index (χ1) is 10.0. The van der Waals surface area contributed by atoms with Gasteiger partial charge in [0.25, 0.3) is 0 Å². The molecule has 6 heteroatoms. The van der Waals surface area contributed by atoms with E-state index in [2.05, 4.69) is 20.6 Å². The minimum absolute atomic E-state index is 0.218. The van der Waals surface area contributed by atoms with Crippen LogP contribution in [0.2, 0.25) is 0 Å². The summed E-state index contributed by atoms with van der Waals surface area (Å²) in [4.78, 5) is 19.3. The lowest BCUT2D eigenvalue weighted by molar-refractivity contribution is -0.134. The molecule has 21 heavy (non-hydrogen) atoms. The van der Waals surface area contributed by atoms with Crippen LogP contribution in [0, 0.1) is 0 Å². The molecule has 1 heterocycles. The van der Waals surface area contributed by atoms with Gasteiger partial charge in [0.1, 0.15) is 12.4 Å². The summed E-state index contributed by atoms with van der Waals surface area (Å²) in [6, 6.07) is 11.7. The van der Waals surface area contributed by atoms with Gasteiger partial charge in [-0.2, -0.15) is 4.98 Å². The zero-order valence-corrected chi connectivity index (χ0v) is 12.0. The summed E-state index contributed by atoms with van der Waals surface area (Å²) >= 11 is 0. The largest absolute Gasteiger partial charge is 0.480 e. The minimum atomic E-state index is -0.956. The molecule has 6 nitrogen and oxygen atoms in total. The van der Waals surface area contributed by atoms with Crippen LogP contribution in [0.4, 0.5) is 11.8 Å². The van der Waals surface area contributed by atoms with Crippen LogP contribution in [-0.4, -0.2) is 33.6 Å². The summed E-state index contributed by atoms with van der Waals surface area (Å²) < 4.78 is 0. The summed E-state index contributed by atoms with van der Waals surface area (Å²) in [5, 5.41) is 14.7. The van der Waals surface area contributed by atoms with E-state index in [0.717, 1.165) is 11.3 Å². The molecule has 0 aliphatic carbocycles. The number of carboxylic acids is 1. The van der Waals surface area contributed by atoms with Crippen molar-refractivity contribution >= 4 is 17.7 Å². The normalized spacial score (nSPS) is 10.4. The average Bonchev–Trinajstić information content (AvgIpc) is 2.45. The number of hydrogen-bond donors (Lipinski definition) is 3. The molecule has 0 bridgehead atoms. The Bertz CT molecular complexity index is 614. The first kappa shape index (κ1) is 14.8. The predicted molar refractivity (Wildman–Crippen MR) is 82.4 cm³/mol. The molecular weight excluding hydrogens is 268 g/mol. The Morgan fingerprint density at radius 2 is 1.95 bits per heavy atom. The number of carbonyl (C=O) groups is 1. The summed E-state index contributed by atoms with van der Waals surface area (Å²) in [6.45, 7) is 3.79. The van der Waals surface area contributed by atoms with Gasteiger partial charge >= 0.3 is 5.97 Å². The molecule has 0 unspecified atom stereocenters. The lowest BCUT2D eigenvalue weighted by Crippen LogP contribution is -2.16. The quantitative estimate of drug-likeness (QED) is 0.756. The molecule has 0 fully saturated rings. The van der Waals surface area contributed by atoms with Gasteiger partial charge in [0.2, 0.25) is 5.95 Å². The standard InChI is InChI=1S/C15H18N4O2/c1-10(2)17-13-8-12(11-6-4-3-5-7-11)18-15(19-13)16-9-14(20)21/h3-8,10H,9H2,1-2H3,(H,20,21)(H2,16,17,18,19). The fraction of sp³-hybridized carbons (Fsp3) is 0.267. The third-order valence-corrected chi connectivity index (χ3v) is 2.63. The maximum Gasteiger partial charge on any atom is 0.322 e. The molecular formula is C15H18N4O2. The Labute approximate surface area is 123 Å². The topological polar surface area (TPSA) is 87.1 Å².